The van der Waals surface area contributed by atoms with Gasteiger partial charge in [-0.3, -0.25) is 4.90 Å². The summed E-state index contributed by atoms with van der Waals surface area (Å²) in [4.78, 5) is 3.66. The van der Waals surface area contributed by atoms with E-state index in [9.17, 15) is 0 Å². The molecule has 0 aliphatic carbocycles. The van der Waals surface area contributed by atoms with Crippen molar-refractivity contribution in [1.82, 2.24) is 4.90 Å². The second kappa shape index (κ2) is 6.26. The van der Waals surface area contributed by atoms with E-state index < -0.39 is 0 Å². The summed E-state index contributed by atoms with van der Waals surface area (Å²) in [7, 11) is 0. The minimum absolute atomic E-state index is 0.485. The minimum Gasteiger partial charge on any atom is -0.295 e. The minimum atomic E-state index is 0.485. The molecular formula is C11H15BrN2S. The molecule has 0 unspecified atom stereocenters. The van der Waals surface area contributed by atoms with Crippen LogP contribution in [-0.4, -0.2) is 17.5 Å². The first-order chi connectivity index (χ1) is 7.13. The summed E-state index contributed by atoms with van der Waals surface area (Å²) >= 11 is 5.22. The molecule has 0 N–H and O–H groups in total. The van der Waals surface area contributed by atoms with Crippen LogP contribution in [0.3, 0.4) is 0 Å². The van der Waals surface area contributed by atoms with Gasteiger partial charge in [0.2, 0.25) is 0 Å². The average Bonchev–Trinajstić information content (AvgIpc) is 2.58. The molecule has 0 saturated heterocycles. The zero-order chi connectivity index (χ0) is 11.3. The molecule has 82 valence electrons. The van der Waals surface area contributed by atoms with Gasteiger partial charge in [0.25, 0.3) is 0 Å². The molecule has 1 aromatic heterocycles. The Bertz CT molecular complexity index is 341. The molecule has 0 radical (unpaired) electrons. The van der Waals surface area contributed by atoms with E-state index in [1.54, 1.807) is 11.3 Å². The van der Waals surface area contributed by atoms with Gasteiger partial charge in [-0.25, -0.2) is 0 Å². The van der Waals surface area contributed by atoms with E-state index in [1.807, 2.05) is 0 Å². The molecule has 0 saturated carbocycles. The number of nitrogens with zero attached hydrogens (tertiary/aromatic N) is 2. The molecule has 0 aromatic carbocycles. The lowest BCUT2D eigenvalue weighted by Crippen LogP contribution is -2.30. The third kappa shape index (κ3) is 4.33. The molecule has 4 heteroatoms. The fourth-order valence-electron chi connectivity index (χ4n) is 1.35. The molecular weight excluding hydrogens is 272 g/mol. The maximum atomic E-state index is 8.59. The highest BCUT2D eigenvalue weighted by Gasteiger charge is 2.10. The lowest BCUT2D eigenvalue weighted by Gasteiger charge is -2.24. The third-order valence-corrected chi connectivity index (χ3v) is 3.84. The Labute approximate surface area is 104 Å². The van der Waals surface area contributed by atoms with Crippen LogP contribution in [0.1, 0.15) is 25.1 Å². The van der Waals surface area contributed by atoms with Crippen molar-refractivity contribution in [3.8, 4) is 6.07 Å². The highest BCUT2D eigenvalue weighted by molar-refractivity contribution is 9.11. The molecule has 0 atom stereocenters. The van der Waals surface area contributed by atoms with E-state index in [-0.39, 0.29) is 0 Å². The van der Waals surface area contributed by atoms with E-state index >= 15 is 0 Å². The van der Waals surface area contributed by atoms with Gasteiger partial charge in [-0.15, -0.1) is 11.3 Å². The highest BCUT2D eigenvalue weighted by Crippen LogP contribution is 2.23. The van der Waals surface area contributed by atoms with E-state index in [0.29, 0.717) is 12.5 Å². The predicted molar refractivity (Wildman–Crippen MR) is 67.8 cm³/mol. The number of nitriles is 1. The SMILES string of the molecule is CC(C)N(CCC#N)Cc1ccc(Br)s1. The van der Waals surface area contributed by atoms with Gasteiger partial charge < -0.3 is 0 Å². The van der Waals surface area contributed by atoms with Gasteiger partial charge in [-0.1, -0.05) is 0 Å². The van der Waals surface area contributed by atoms with Crippen molar-refractivity contribution in [3.05, 3.63) is 20.8 Å². The third-order valence-electron chi connectivity index (χ3n) is 2.23. The summed E-state index contributed by atoms with van der Waals surface area (Å²) in [5.41, 5.74) is 0. The van der Waals surface area contributed by atoms with E-state index in [4.69, 9.17) is 5.26 Å². The molecule has 0 aliphatic heterocycles. The monoisotopic (exact) mass is 286 g/mol. The highest BCUT2D eigenvalue weighted by atomic mass is 79.9. The molecule has 0 aliphatic rings. The Hall–Kier alpha value is -0.370. The summed E-state index contributed by atoms with van der Waals surface area (Å²) in [6.07, 6.45) is 0.602. The fourth-order valence-corrected chi connectivity index (χ4v) is 2.86. The van der Waals surface area contributed by atoms with Gasteiger partial charge in [0.15, 0.2) is 0 Å². The molecule has 1 aromatic rings. The second-order valence-electron chi connectivity index (χ2n) is 3.68. The molecule has 0 fully saturated rings. The van der Waals surface area contributed by atoms with Crippen LogP contribution in [0.25, 0.3) is 0 Å². The fraction of sp³-hybridized carbons (Fsp3) is 0.545. The first-order valence-electron chi connectivity index (χ1n) is 4.98. The lowest BCUT2D eigenvalue weighted by molar-refractivity contribution is 0.220. The second-order valence-corrected chi connectivity index (χ2v) is 6.23. The van der Waals surface area contributed by atoms with Crippen molar-refractivity contribution >= 4 is 27.3 Å². The van der Waals surface area contributed by atoms with Crippen LogP contribution >= 0.6 is 27.3 Å². The molecule has 1 rings (SSSR count). The molecule has 15 heavy (non-hydrogen) atoms. The van der Waals surface area contributed by atoms with Gasteiger partial charge in [0, 0.05) is 30.4 Å². The van der Waals surface area contributed by atoms with Crippen LogP contribution < -0.4 is 0 Å². The van der Waals surface area contributed by atoms with Gasteiger partial charge >= 0.3 is 0 Å². The Morgan fingerprint density at radius 3 is 2.73 bits per heavy atom. The maximum Gasteiger partial charge on any atom is 0.0701 e. The van der Waals surface area contributed by atoms with Crippen LogP contribution in [0, 0.1) is 11.3 Å². The summed E-state index contributed by atoms with van der Waals surface area (Å²) in [5, 5.41) is 8.59. The zero-order valence-corrected chi connectivity index (χ0v) is 11.4. The van der Waals surface area contributed by atoms with E-state index in [1.165, 1.54) is 8.66 Å². The first kappa shape index (κ1) is 12.7. The number of hydrogen-bond acceptors (Lipinski definition) is 3. The van der Waals surface area contributed by atoms with Gasteiger partial charge in [-0.05, 0) is 41.9 Å². The van der Waals surface area contributed by atoms with Gasteiger partial charge in [0.1, 0.15) is 0 Å². The quantitative estimate of drug-likeness (QED) is 0.826. The molecule has 1 heterocycles. The Balaban J connectivity index is 2.55. The number of halogens is 1. The molecule has 0 amide bonds. The Morgan fingerprint density at radius 1 is 1.53 bits per heavy atom. The predicted octanol–water partition coefficient (Wildman–Crippen LogP) is 3.63. The van der Waals surface area contributed by atoms with Crippen molar-refractivity contribution in [2.75, 3.05) is 6.54 Å². The summed E-state index contributed by atoms with van der Waals surface area (Å²) < 4.78 is 1.17. The van der Waals surface area contributed by atoms with Crippen molar-refractivity contribution in [2.45, 2.75) is 32.9 Å². The van der Waals surface area contributed by atoms with Gasteiger partial charge in [0.05, 0.1) is 9.86 Å². The number of thiophene rings is 1. The number of rotatable bonds is 5. The maximum absolute atomic E-state index is 8.59. The standard InChI is InChI=1S/C11H15BrN2S/c1-9(2)14(7-3-6-13)8-10-4-5-11(12)15-10/h4-5,9H,3,7-8H2,1-2H3. The van der Waals surface area contributed by atoms with E-state index in [0.717, 1.165) is 13.1 Å². The zero-order valence-electron chi connectivity index (χ0n) is 9.03. The summed E-state index contributed by atoms with van der Waals surface area (Å²) in [6, 6.07) is 6.89. The van der Waals surface area contributed by atoms with Gasteiger partial charge in [-0.2, -0.15) is 5.26 Å². The van der Waals surface area contributed by atoms with Crippen LogP contribution in [0.2, 0.25) is 0 Å². The van der Waals surface area contributed by atoms with Crippen molar-refractivity contribution < 1.29 is 0 Å². The summed E-state index contributed by atoms with van der Waals surface area (Å²) in [5.74, 6) is 0. The van der Waals surface area contributed by atoms with Crippen molar-refractivity contribution in [1.29, 1.82) is 5.26 Å². The first-order valence-corrected chi connectivity index (χ1v) is 6.59. The van der Waals surface area contributed by atoms with E-state index in [2.05, 4.69) is 52.9 Å². The topological polar surface area (TPSA) is 27.0 Å². The lowest BCUT2D eigenvalue weighted by atomic mass is 10.2. The largest absolute Gasteiger partial charge is 0.295 e. The molecule has 0 bridgehead atoms. The average molecular weight is 287 g/mol. The van der Waals surface area contributed by atoms with Crippen LogP contribution in [-0.2, 0) is 6.54 Å². The number of hydrogen-bond donors (Lipinski definition) is 0. The van der Waals surface area contributed by atoms with Crippen LogP contribution in [0.4, 0.5) is 0 Å². The van der Waals surface area contributed by atoms with Crippen molar-refractivity contribution in [2.24, 2.45) is 0 Å². The Kier molecular flexibility index (Phi) is 5.30. The Morgan fingerprint density at radius 2 is 2.27 bits per heavy atom. The van der Waals surface area contributed by atoms with Crippen LogP contribution in [0.5, 0.6) is 0 Å². The van der Waals surface area contributed by atoms with Crippen molar-refractivity contribution in [3.63, 3.8) is 0 Å². The smallest absolute Gasteiger partial charge is 0.0701 e. The van der Waals surface area contributed by atoms with Crippen LogP contribution in [0.15, 0.2) is 15.9 Å². The summed E-state index contributed by atoms with van der Waals surface area (Å²) in [6.45, 7) is 6.12. The molecule has 2 nitrogen and oxygen atoms in total. The molecule has 0 spiro atoms. The normalized spacial score (nSPS) is 10.9.